The molecule has 0 unspecified atom stereocenters. The van der Waals surface area contributed by atoms with Crippen LogP contribution in [0.5, 0.6) is 5.75 Å². The van der Waals surface area contributed by atoms with Crippen molar-refractivity contribution in [3.05, 3.63) is 29.6 Å². The Morgan fingerprint density at radius 3 is 2.44 bits per heavy atom. The zero-order valence-corrected chi connectivity index (χ0v) is 10.9. The Kier molecular flexibility index (Phi) is 4.59. The minimum absolute atomic E-state index is 0.138. The van der Waals surface area contributed by atoms with E-state index in [1.165, 1.54) is 18.9 Å². The summed E-state index contributed by atoms with van der Waals surface area (Å²) in [4.78, 5) is 0. The van der Waals surface area contributed by atoms with Gasteiger partial charge in [-0.1, -0.05) is 18.9 Å². The van der Waals surface area contributed by atoms with Crippen molar-refractivity contribution in [3.63, 3.8) is 0 Å². The highest BCUT2D eigenvalue weighted by molar-refractivity contribution is 5.30. The number of hydrogen-bond acceptors (Lipinski definition) is 2. The second-order valence-electron chi connectivity index (χ2n) is 5.10. The lowest BCUT2D eigenvalue weighted by molar-refractivity contribution is 0.174. The standard InChI is InChI=1S/C15H21FO2/c1-11(17)12-8-9-15(14(16)10-12)18-13-6-4-2-3-5-7-13/h8-11,13,17H,2-7H2,1H3/t11-/m0/s1. The van der Waals surface area contributed by atoms with Gasteiger partial charge in [-0.15, -0.1) is 0 Å². The van der Waals surface area contributed by atoms with Crippen LogP contribution in [0, 0.1) is 5.82 Å². The molecule has 3 heteroatoms. The second-order valence-corrected chi connectivity index (χ2v) is 5.10. The van der Waals surface area contributed by atoms with Crippen LogP contribution in [0.3, 0.4) is 0 Å². The lowest BCUT2D eigenvalue weighted by Crippen LogP contribution is -2.16. The second kappa shape index (κ2) is 6.19. The minimum atomic E-state index is -0.647. The molecule has 1 aromatic carbocycles. The van der Waals surface area contributed by atoms with E-state index in [-0.39, 0.29) is 11.9 Å². The van der Waals surface area contributed by atoms with Gasteiger partial charge in [0.2, 0.25) is 0 Å². The Morgan fingerprint density at radius 1 is 1.22 bits per heavy atom. The molecule has 100 valence electrons. The van der Waals surface area contributed by atoms with Gasteiger partial charge in [0.1, 0.15) is 0 Å². The highest BCUT2D eigenvalue weighted by Gasteiger charge is 2.16. The lowest BCUT2D eigenvalue weighted by atomic mass is 10.1. The van der Waals surface area contributed by atoms with Crippen molar-refractivity contribution in [2.24, 2.45) is 0 Å². The Hall–Kier alpha value is -1.09. The fraction of sp³-hybridized carbons (Fsp3) is 0.600. The van der Waals surface area contributed by atoms with Crippen molar-refractivity contribution in [2.45, 2.75) is 57.7 Å². The number of halogens is 1. The van der Waals surface area contributed by atoms with Gasteiger partial charge >= 0.3 is 0 Å². The summed E-state index contributed by atoms with van der Waals surface area (Å²) in [6.07, 6.45) is 6.35. The van der Waals surface area contributed by atoms with E-state index in [2.05, 4.69) is 0 Å². The zero-order chi connectivity index (χ0) is 13.0. The van der Waals surface area contributed by atoms with Crippen LogP contribution in [-0.4, -0.2) is 11.2 Å². The Morgan fingerprint density at radius 2 is 1.89 bits per heavy atom. The molecule has 0 aromatic heterocycles. The van der Waals surface area contributed by atoms with Gasteiger partial charge in [0.25, 0.3) is 0 Å². The van der Waals surface area contributed by atoms with E-state index in [0.29, 0.717) is 11.3 Å². The van der Waals surface area contributed by atoms with Crippen LogP contribution in [0.1, 0.15) is 57.1 Å². The first kappa shape index (κ1) is 13.3. The molecule has 0 spiro atoms. The van der Waals surface area contributed by atoms with Crippen molar-refractivity contribution >= 4 is 0 Å². The fourth-order valence-electron chi connectivity index (χ4n) is 2.41. The van der Waals surface area contributed by atoms with Crippen molar-refractivity contribution in [1.82, 2.24) is 0 Å². The molecular formula is C15H21FO2. The molecule has 1 aliphatic carbocycles. The summed E-state index contributed by atoms with van der Waals surface area (Å²) in [5.41, 5.74) is 0.584. The van der Waals surface area contributed by atoms with Gasteiger partial charge in [0, 0.05) is 0 Å². The first-order chi connectivity index (χ1) is 8.66. The summed E-state index contributed by atoms with van der Waals surface area (Å²) in [6.45, 7) is 1.63. The maximum absolute atomic E-state index is 13.8. The molecule has 1 aromatic rings. The van der Waals surface area contributed by atoms with Crippen LogP contribution in [0.25, 0.3) is 0 Å². The van der Waals surface area contributed by atoms with Gasteiger partial charge in [0.15, 0.2) is 11.6 Å². The van der Waals surface area contributed by atoms with E-state index >= 15 is 0 Å². The molecule has 2 nitrogen and oxygen atoms in total. The summed E-state index contributed by atoms with van der Waals surface area (Å²) in [6, 6.07) is 4.71. The summed E-state index contributed by atoms with van der Waals surface area (Å²) in [5, 5.41) is 9.39. The van der Waals surface area contributed by atoms with Gasteiger partial charge < -0.3 is 9.84 Å². The third-order valence-corrected chi connectivity index (χ3v) is 3.53. The van der Waals surface area contributed by atoms with Crippen molar-refractivity contribution in [1.29, 1.82) is 0 Å². The number of hydrogen-bond donors (Lipinski definition) is 1. The highest BCUT2D eigenvalue weighted by atomic mass is 19.1. The summed E-state index contributed by atoms with van der Waals surface area (Å²) in [5.74, 6) is -0.0658. The van der Waals surface area contributed by atoms with Crippen molar-refractivity contribution in [2.75, 3.05) is 0 Å². The highest BCUT2D eigenvalue weighted by Crippen LogP contribution is 2.26. The van der Waals surface area contributed by atoms with Gasteiger partial charge in [-0.25, -0.2) is 4.39 Å². The molecule has 0 aliphatic heterocycles. The van der Waals surface area contributed by atoms with Crippen LogP contribution >= 0.6 is 0 Å². The average molecular weight is 252 g/mol. The van der Waals surface area contributed by atoms with Crippen LogP contribution in [0.15, 0.2) is 18.2 Å². The predicted molar refractivity (Wildman–Crippen MR) is 69.2 cm³/mol. The van der Waals surface area contributed by atoms with Crippen LogP contribution in [0.2, 0.25) is 0 Å². The van der Waals surface area contributed by atoms with Crippen LogP contribution in [0.4, 0.5) is 4.39 Å². The van der Waals surface area contributed by atoms with Crippen molar-refractivity contribution < 1.29 is 14.2 Å². The fourth-order valence-corrected chi connectivity index (χ4v) is 2.41. The lowest BCUT2D eigenvalue weighted by Gasteiger charge is -2.18. The Balaban J connectivity index is 2.04. The van der Waals surface area contributed by atoms with Gasteiger partial charge in [-0.3, -0.25) is 0 Å². The minimum Gasteiger partial charge on any atom is -0.487 e. The molecule has 0 radical (unpaired) electrons. The van der Waals surface area contributed by atoms with Gasteiger partial charge in [0.05, 0.1) is 12.2 Å². The number of aliphatic hydroxyl groups excluding tert-OH is 1. The molecule has 1 aliphatic rings. The number of ether oxygens (including phenoxy) is 1. The molecule has 0 amide bonds. The van der Waals surface area contributed by atoms with Crippen molar-refractivity contribution in [3.8, 4) is 5.75 Å². The zero-order valence-electron chi connectivity index (χ0n) is 10.9. The summed E-state index contributed by atoms with van der Waals surface area (Å²) >= 11 is 0. The molecule has 1 atom stereocenters. The maximum atomic E-state index is 13.8. The van der Waals surface area contributed by atoms with Gasteiger partial charge in [-0.05, 0) is 50.3 Å². The molecule has 1 fully saturated rings. The molecular weight excluding hydrogens is 231 g/mol. The molecule has 1 N–H and O–H groups in total. The van der Waals surface area contributed by atoms with E-state index in [9.17, 15) is 9.50 Å². The maximum Gasteiger partial charge on any atom is 0.165 e. The largest absolute Gasteiger partial charge is 0.487 e. The summed E-state index contributed by atoms with van der Waals surface area (Å²) in [7, 11) is 0. The normalized spacial score (nSPS) is 19.3. The SMILES string of the molecule is C[C@H](O)c1ccc(OC2CCCCCC2)c(F)c1. The Labute approximate surface area is 108 Å². The quantitative estimate of drug-likeness (QED) is 0.824. The third-order valence-electron chi connectivity index (χ3n) is 3.53. The molecule has 1 saturated carbocycles. The molecule has 0 heterocycles. The van der Waals surface area contributed by atoms with Crippen LogP contribution in [-0.2, 0) is 0 Å². The predicted octanol–water partition coefficient (Wildman–Crippen LogP) is 3.98. The molecule has 0 bridgehead atoms. The monoisotopic (exact) mass is 252 g/mol. The van der Waals surface area contributed by atoms with E-state index in [0.717, 1.165) is 25.7 Å². The topological polar surface area (TPSA) is 29.5 Å². The first-order valence-corrected chi connectivity index (χ1v) is 6.81. The third kappa shape index (κ3) is 3.45. The first-order valence-electron chi connectivity index (χ1n) is 6.81. The van der Waals surface area contributed by atoms with Crippen LogP contribution < -0.4 is 4.74 Å². The number of benzene rings is 1. The summed E-state index contributed by atoms with van der Waals surface area (Å²) < 4.78 is 19.6. The molecule has 2 rings (SSSR count). The van der Waals surface area contributed by atoms with E-state index < -0.39 is 6.10 Å². The number of rotatable bonds is 3. The molecule has 18 heavy (non-hydrogen) atoms. The molecule has 0 saturated heterocycles. The smallest absolute Gasteiger partial charge is 0.165 e. The number of aliphatic hydroxyl groups is 1. The van der Waals surface area contributed by atoms with E-state index in [4.69, 9.17) is 4.74 Å². The van der Waals surface area contributed by atoms with E-state index in [1.807, 2.05) is 0 Å². The van der Waals surface area contributed by atoms with Gasteiger partial charge in [-0.2, -0.15) is 0 Å². The average Bonchev–Trinajstić information content (AvgIpc) is 2.60. The Bertz CT molecular complexity index is 382. The van der Waals surface area contributed by atoms with E-state index in [1.54, 1.807) is 19.1 Å².